The van der Waals surface area contributed by atoms with Crippen molar-refractivity contribution in [2.75, 3.05) is 30.8 Å². The molecule has 0 spiro atoms. The highest BCUT2D eigenvalue weighted by atomic mass is 32.1. The molecule has 2 aromatic carbocycles. The van der Waals surface area contributed by atoms with Crippen LogP contribution < -0.4 is 16.4 Å². The van der Waals surface area contributed by atoms with Crippen LogP contribution in [0.4, 0.5) is 17.1 Å². The number of methoxy groups -OCH3 is 1. The fourth-order valence-corrected chi connectivity index (χ4v) is 3.10. The summed E-state index contributed by atoms with van der Waals surface area (Å²) >= 11 is 4.81. The number of hydrogen-bond acceptors (Lipinski definition) is 6. The van der Waals surface area contributed by atoms with Gasteiger partial charge in [-0.1, -0.05) is 12.1 Å². The average molecular weight is 370 g/mol. The molecule has 0 saturated carbocycles. The van der Waals surface area contributed by atoms with Gasteiger partial charge in [0.2, 0.25) is 5.90 Å². The van der Waals surface area contributed by atoms with Crippen molar-refractivity contribution in [1.29, 1.82) is 0 Å². The monoisotopic (exact) mass is 370 g/mol. The number of nitrogen functional groups attached to an aromatic ring is 1. The van der Waals surface area contributed by atoms with E-state index in [1.165, 1.54) is 0 Å². The number of aliphatic imine (C=N–C) groups is 1. The van der Waals surface area contributed by atoms with Crippen molar-refractivity contribution >= 4 is 40.4 Å². The Kier molecular flexibility index (Phi) is 5.58. The van der Waals surface area contributed by atoms with E-state index in [0.29, 0.717) is 17.3 Å². The molecule has 1 heterocycles. The minimum Gasteiger partial charge on any atom is -0.481 e. The molecule has 1 aliphatic rings. The van der Waals surface area contributed by atoms with Crippen molar-refractivity contribution in [3.63, 3.8) is 0 Å². The molecule has 6 nitrogen and oxygen atoms in total. The van der Waals surface area contributed by atoms with Gasteiger partial charge >= 0.3 is 0 Å². The van der Waals surface area contributed by atoms with Crippen LogP contribution in [0, 0.1) is 0 Å². The lowest BCUT2D eigenvalue weighted by atomic mass is 10.2. The van der Waals surface area contributed by atoms with Gasteiger partial charge in [0, 0.05) is 24.2 Å². The molecule has 1 fully saturated rings. The molecule has 0 bridgehead atoms. The Morgan fingerprint density at radius 2 is 1.92 bits per heavy atom. The van der Waals surface area contributed by atoms with Crippen molar-refractivity contribution in [1.82, 2.24) is 0 Å². The summed E-state index contributed by atoms with van der Waals surface area (Å²) < 4.78 is 10.9. The molecule has 7 heteroatoms. The summed E-state index contributed by atoms with van der Waals surface area (Å²) in [5.74, 6) is 0.519. The summed E-state index contributed by atoms with van der Waals surface area (Å²) in [5.41, 5.74) is 14.7. The maximum atomic E-state index is 5.96. The molecule has 0 radical (unpaired) electrons. The topological polar surface area (TPSA) is 86.1 Å². The minimum absolute atomic E-state index is 0.0457. The second-order valence-corrected chi connectivity index (χ2v) is 6.42. The predicted octanol–water partition coefficient (Wildman–Crippen LogP) is 2.83. The maximum Gasteiger partial charge on any atom is 0.254 e. The van der Waals surface area contributed by atoms with Gasteiger partial charge < -0.3 is 25.8 Å². The fourth-order valence-electron chi connectivity index (χ4n) is 2.96. The van der Waals surface area contributed by atoms with E-state index < -0.39 is 0 Å². The van der Waals surface area contributed by atoms with Gasteiger partial charge in [-0.3, -0.25) is 0 Å². The third kappa shape index (κ3) is 4.23. The van der Waals surface area contributed by atoms with Gasteiger partial charge in [0.1, 0.15) is 6.10 Å². The number of thiocarbonyl (C=S) groups is 1. The van der Waals surface area contributed by atoms with Gasteiger partial charge in [-0.05, 0) is 48.6 Å². The Bertz CT molecular complexity index is 807. The van der Waals surface area contributed by atoms with Crippen LogP contribution in [0.3, 0.4) is 0 Å². The third-order valence-corrected chi connectivity index (χ3v) is 4.36. The van der Waals surface area contributed by atoms with Crippen molar-refractivity contribution in [3.05, 3.63) is 54.1 Å². The highest BCUT2D eigenvalue weighted by molar-refractivity contribution is 7.80. The molecule has 26 heavy (non-hydrogen) atoms. The van der Waals surface area contributed by atoms with Crippen LogP contribution in [0.5, 0.6) is 0 Å². The zero-order valence-corrected chi connectivity index (χ0v) is 15.4. The van der Waals surface area contributed by atoms with Crippen LogP contribution in [-0.2, 0) is 9.47 Å². The molecule has 136 valence electrons. The Morgan fingerprint density at radius 3 is 2.58 bits per heavy atom. The number of nitrogens with two attached hydrogens (primary N) is 2. The average Bonchev–Trinajstić information content (AvgIpc) is 3.09. The molecule has 0 aromatic heterocycles. The van der Waals surface area contributed by atoms with E-state index in [0.717, 1.165) is 30.8 Å². The molecule has 1 aliphatic heterocycles. The van der Waals surface area contributed by atoms with Crippen LogP contribution >= 0.6 is 12.2 Å². The number of anilines is 2. The number of nitrogens with zero attached hydrogens (tertiary/aromatic N) is 2. The molecule has 0 unspecified atom stereocenters. The lowest BCUT2D eigenvalue weighted by Gasteiger charge is -2.19. The Hall–Kier alpha value is -2.80. The van der Waals surface area contributed by atoms with Crippen molar-refractivity contribution in [3.8, 4) is 0 Å². The van der Waals surface area contributed by atoms with Gasteiger partial charge in [-0.25, -0.2) is 4.99 Å². The summed E-state index contributed by atoms with van der Waals surface area (Å²) in [6.07, 6.45) is 0.946. The van der Waals surface area contributed by atoms with E-state index in [1.807, 2.05) is 48.5 Å². The molecular formula is C19H22N4O2S. The first-order valence-corrected chi connectivity index (χ1v) is 8.76. The standard InChI is InChI=1S/C19H22N4O2S/c1-24-18(22-17-5-3-2-4-16(17)20)13-6-8-14(9-7-13)23-11-10-15(12-23)25-19(21)26/h2-9,15H,10-12,20H2,1H3,(H2,21,26)/t15-/m0/s1. The van der Waals surface area contributed by atoms with Crippen LogP contribution in [-0.4, -0.2) is 37.4 Å². The van der Waals surface area contributed by atoms with Gasteiger partial charge in [0.05, 0.1) is 25.0 Å². The molecule has 3 rings (SSSR count). The highest BCUT2D eigenvalue weighted by Crippen LogP contribution is 2.25. The lowest BCUT2D eigenvalue weighted by molar-refractivity contribution is 0.214. The quantitative estimate of drug-likeness (QED) is 0.372. The number of hydrogen-bond donors (Lipinski definition) is 2. The zero-order chi connectivity index (χ0) is 18.5. The Labute approximate surface area is 158 Å². The summed E-state index contributed by atoms with van der Waals surface area (Å²) in [5, 5.41) is 0.105. The summed E-state index contributed by atoms with van der Waals surface area (Å²) in [7, 11) is 1.60. The molecule has 2 aromatic rings. The van der Waals surface area contributed by atoms with Crippen LogP contribution in [0.15, 0.2) is 53.5 Å². The second-order valence-electron chi connectivity index (χ2n) is 6.02. The number of para-hydroxylation sites is 2. The first-order chi connectivity index (χ1) is 12.6. The molecule has 0 aliphatic carbocycles. The highest BCUT2D eigenvalue weighted by Gasteiger charge is 2.24. The molecular weight excluding hydrogens is 348 g/mol. The zero-order valence-electron chi connectivity index (χ0n) is 14.6. The lowest BCUT2D eigenvalue weighted by Crippen LogP contribution is -2.26. The smallest absolute Gasteiger partial charge is 0.254 e. The van der Waals surface area contributed by atoms with E-state index in [-0.39, 0.29) is 11.3 Å². The molecule has 0 amide bonds. The van der Waals surface area contributed by atoms with E-state index in [2.05, 4.69) is 9.89 Å². The first kappa shape index (κ1) is 18.0. The SMILES string of the molecule is COC(=Nc1ccccc1N)c1ccc(N2CC[C@H](OC(N)=S)C2)cc1. The summed E-state index contributed by atoms with van der Waals surface area (Å²) in [6, 6.07) is 15.5. The number of ether oxygens (including phenoxy) is 2. The van der Waals surface area contributed by atoms with Crippen molar-refractivity contribution < 1.29 is 9.47 Å². The number of benzene rings is 2. The maximum absolute atomic E-state index is 5.96. The summed E-state index contributed by atoms with van der Waals surface area (Å²) in [6.45, 7) is 1.67. The van der Waals surface area contributed by atoms with Gasteiger partial charge in [0.15, 0.2) is 0 Å². The largest absolute Gasteiger partial charge is 0.481 e. The van der Waals surface area contributed by atoms with Crippen LogP contribution in [0.25, 0.3) is 0 Å². The van der Waals surface area contributed by atoms with Crippen molar-refractivity contribution in [2.24, 2.45) is 10.7 Å². The Morgan fingerprint density at radius 1 is 1.19 bits per heavy atom. The fraction of sp³-hybridized carbons (Fsp3) is 0.263. The molecule has 1 atom stereocenters. The normalized spacial score (nSPS) is 17.2. The van der Waals surface area contributed by atoms with E-state index in [1.54, 1.807) is 7.11 Å². The molecule has 1 saturated heterocycles. The van der Waals surface area contributed by atoms with Crippen molar-refractivity contribution in [2.45, 2.75) is 12.5 Å². The minimum atomic E-state index is 0.0457. The van der Waals surface area contributed by atoms with Gasteiger partial charge in [-0.15, -0.1) is 0 Å². The van der Waals surface area contributed by atoms with E-state index in [9.17, 15) is 0 Å². The Balaban J connectivity index is 1.74. The summed E-state index contributed by atoms with van der Waals surface area (Å²) in [4.78, 5) is 6.77. The van der Waals surface area contributed by atoms with E-state index >= 15 is 0 Å². The van der Waals surface area contributed by atoms with Gasteiger partial charge in [0.25, 0.3) is 5.17 Å². The van der Waals surface area contributed by atoms with Gasteiger partial charge in [-0.2, -0.15) is 0 Å². The molecule has 4 N–H and O–H groups in total. The predicted molar refractivity (Wildman–Crippen MR) is 109 cm³/mol. The second kappa shape index (κ2) is 8.05. The number of rotatable bonds is 4. The van der Waals surface area contributed by atoms with Crippen LogP contribution in [0.2, 0.25) is 0 Å². The van der Waals surface area contributed by atoms with Crippen LogP contribution in [0.1, 0.15) is 12.0 Å². The van der Waals surface area contributed by atoms with E-state index in [4.69, 9.17) is 33.2 Å². The third-order valence-electron chi connectivity index (χ3n) is 4.26. The first-order valence-electron chi connectivity index (χ1n) is 8.35.